The number of carboxylic acid groups (broad SMARTS) is 1. The molecule has 6 nitrogen and oxygen atoms in total. The Labute approximate surface area is 133 Å². The van der Waals surface area contributed by atoms with Crippen LogP contribution in [0.5, 0.6) is 0 Å². The summed E-state index contributed by atoms with van der Waals surface area (Å²) >= 11 is 0. The Morgan fingerprint density at radius 2 is 1.83 bits per heavy atom. The Balaban J connectivity index is 2.05. The van der Waals surface area contributed by atoms with Crippen LogP contribution in [0.3, 0.4) is 0 Å². The molecule has 0 bridgehead atoms. The predicted molar refractivity (Wildman–Crippen MR) is 85.4 cm³/mol. The average molecular weight is 314 g/mol. The zero-order chi connectivity index (χ0) is 16.7. The van der Waals surface area contributed by atoms with Gasteiger partial charge in [-0.1, -0.05) is 30.3 Å². The summed E-state index contributed by atoms with van der Waals surface area (Å²) in [6.45, 7) is 0.609. The van der Waals surface area contributed by atoms with Crippen molar-refractivity contribution in [3.8, 4) is 0 Å². The molecule has 0 fully saturated rings. The van der Waals surface area contributed by atoms with Crippen LogP contribution in [-0.2, 0) is 11.3 Å². The van der Waals surface area contributed by atoms with E-state index in [1.54, 1.807) is 12.3 Å². The van der Waals surface area contributed by atoms with Gasteiger partial charge < -0.3 is 15.0 Å². The Hall–Kier alpha value is -2.89. The van der Waals surface area contributed by atoms with Crippen molar-refractivity contribution in [2.45, 2.75) is 19.4 Å². The molecule has 2 rings (SSSR count). The monoisotopic (exact) mass is 314 g/mol. The summed E-state index contributed by atoms with van der Waals surface area (Å²) in [5, 5.41) is 11.1. The van der Waals surface area contributed by atoms with Gasteiger partial charge in [-0.25, -0.2) is 0 Å². The molecule has 0 atom stereocenters. The molecular weight excluding hydrogens is 296 g/mol. The van der Waals surface area contributed by atoms with Crippen molar-refractivity contribution < 1.29 is 14.7 Å². The summed E-state index contributed by atoms with van der Waals surface area (Å²) in [5.74, 6) is -1.40. The third-order valence-electron chi connectivity index (χ3n) is 3.31. The van der Waals surface area contributed by atoms with E-state index < -0.39 is 11.9 Å². The van der Waals surface area contributed by atoms with Gasteiger partial charge in [0.05, 0.1) is 6.54 Å². The van der Waals surface area contributed by atoms with E-state index in [-0.39, 0.29) is 24.1 Å². The topological polar surface area (TPSA) is 88.4 Å². The van der Waals surface area contributed by atoms with E-state index in [4.69, 9.17) is 5.11 Å². The minimum atomic E-state index is -0.913. The first-order valence-corrected chi connectivity index (χ1v) is 7.31. The normalized spacial score (nSPS) is 10.3. The molecule has 0 aliphatic carbocycles. The lowest BCUT2D eigenvalue weighted by molar-refractivity contribution is -0.137. The number of carbonyl (C=O) groups excluding carboxylic acids is 1. The quantitative estimate of drug-likeness (QED) is 0.758. The fourth-order valence-electron chi connectivity index (χ4n) is 2.15. The number of aliphatic carboxylic acids is 1. The third kappa shape index (κ3) is 4.81. The van der Waals surface area contributed by atoms with E-state index in [1.165, 1.54) is 10.6 Å². The molecule has 1 amide bonds. The van der Waals surface area contributed by atoms with Crippen molar-refractivity contribution in [1.29, 1.82) is 0 Å². The number of amides is 1. The van der Waals surface area contributed by atoms with Crippen LogP contribution < -0.4 is 10.9 Å². The second kappa shape index (κ2) is 7.93. The maximum atomic E-state index is 12.4. The highest BCUT2D eigenvalue weighted by molar-refractivity contribution is 5.93. The van der Waals surface area contributed by atoms with Crippen molar-refractivity contribution >= 4 is 11.9 Å². The lowest BCUT2D eigenvalue weighted by Crippen LogP contribution is -2.33. The fourth-order valence-corrected chi connectivity index (χ4v) is 2.15. The molecule has 120 valence electrons. The Kier molecular flexibility index (Phi) is 5.68. The molecule has 1 aromatic heterocycles. The first-order chi connectivity index (χ1) is 11.1. The van der Waals surface area contributed by atoms with Crippen LogP contribution in [0.2, 0.25) is 0 Å². The van der Waals surface area contributed by atoms with Crippen molar-refractivity contribution in [1.82, 2.24) is 9.88 Å². The molecule has 0 radical (unpaired) electrons. The van der Waals surface area contributed by atoms with E-state index in [0.29, 0.717) is 13.0 Å². The van der Waals surface area contributed by atoms with E-state index in [0.717, 1.165) is 5.56 Å². The highest BCUT2D eigenvalue weighted by Gasteiger charge is 2.12. The van der Waals surface area contributed by atoms with E-state index >= 15 is 0 Å². The van der Waals surface area contributed by atoms with Gasteiger partial charge in [0, 0.05) is 19.2 Å². The number of pyridine rings is 1. The van der Waals surface area contributed by atoms with Gasteiger partial charge in [-0.3, -0.25) is 14.4 Å². The zero-order valence-corrected chi connectivity index (χ0v) is 12.6. The molecule has 0 aliphatic heterocycles. The van der Waals surface area contributed by atoms with Gasteiger partial charge in [0.2, 0.25) is 0 Å². The lowest BCUT2D eigenvalue weighted by Gasteiger charge is -2.08. The number of hydrogen-bond acceptors (Lipinski definition) is 3. The second-order valence-electron chi connectivity index (χ2n) is 5.09. The standard InChI is InChI=1S/C17H18N2O4/c20-15(21)9-4-10-18-16(22)14-8-5-11-19(17(14)23)12-13-6-2-1-3-7-13/h1-3,5-8,11H,4,9-10,12H2,(H,18,22)(H,20,21). The van der Waals surface area contributed by atoms with Gasteiger partial charge >= 0.3 is 5.97 Å². The molecule has 1 heterocycles. The van der Waals surface area contributed by atoms with E-state index in [2.05, 4.69) is 5.32 Å². The van der Waals surface area contributed by atoms with Gasteiger partial charge in [0.25, 0.3) is 11.5 Å². The van der Waals surface area contributed by atoms with Crippen molar-refractivity contribution in [2.75, 3.05) is 6.54 Å². The predicted octanol–water partition coefficient (Wildman–Crippen LogP) is 1.49. The highest BCUT2D eigenvalue weighted by atomic mass is 16.4. The smallest absolute Gasteiger partial charge is 0.303 e. The highest BCUT2D eigenvalue weighted by Crippen LogP contribution is 2.01. The summed E-state index contributed by atoms with van der Waals surface area (Å²) in [4.78, 5) is 34.8. The molecule has 0 saturated heterocycles. The summed E-state index contributed by atoms with van der Waals surface area (Å²) in [6, 6.07) is 12.6. The van der Waals surface area contributed by atoms with Crippen molar-refractivity contribution in [2.24, 2.45) is 0 Å². The number of nitrogens with one attached hydrogen (secondary N) is 1. The average Bonchev–Trinajstić information content (AvgIpc) is 2.54. The molecule has 0 aliphatic rings. The third-order valence-corrected chi connectivity index (χ3v) is 3.31. The minimum absolute atomic E-state index is 0.0205. The molecule has 1 aromatic carbocycles. The van der Waals surface area contributed by atoms with Gasteiger partial charge in [0.15, 0.2) is 0 Å². The SMILES string of the molecule is O=C(O)CCCNC(=O)c1cccn(Cc2ccccc2)c1=O. The molecule has 0 spiro atoms. The van der Waals surface area contributed by atoms with Crippen LogP contribution in [-0.4, -0.2) is 28.1 Å². The number of rotatable bonds is 7. The number of carbonyl (C=O) groups is 2. The van der Waals surface area contributed by atoms with Crippen LogP contribution in [0.4, 0.5) is 0 Å². The largest absolute Gasteiger partial charge is 0.481 e. The molecular formula is C17H18N2O4. The summed E-state index contributed by atoms with van der Waals surface area (Å²) < 4.78 is 1.47. The first-order valence-electron chi connectivity index (χ1n) is 7.31. The number of nitrogens with zero attached hydrogens (tertiary/aromatic N) is 1. The van der Waals surface area contributed by atoms with Gasteiger partial charge in [-0.15, -0.1) is 0 Å². The van der Waals surface area contributed by atoms with Crippen LogP contribution >= 0.6 is 0 Å². The Morgan fingerprint density at radius 1 is 1.09 bits per heavy atom. The first kappa shape index (κ1) is 16.5. The van der Waals surface area contributed by atoms with E-state index in [9.17, 15) is 14.4 Å². The summed E-state index contributed by atoms with van der Waals surface area (Å²) in [7, 11) is 0. The van der Waals surface area contributed by atoms with Crippen molar-refractivity contribution in [3.05, 3.63) is 70.1 Å². The zero-order valence-electron chi connectivity index (χ0n) is 12.6. The number of aromatic nitrogens is 1. The molecule has 2 aromatic rings. The number of hydrogen-bond donors (Lipinski definition) is 2. The van der Waals surface area contributed by atoms with Crippen LogP contribution in [0.25, 0.3) is 0 Å². The maximum absolute atomic E-state index is 12.4. The number of benzene rings is 1. The van der Waals surface area contributed by atoms with Crippen LogP contribution in [0.1, 0.15) is 28.8 Å². The minimum Gasteiger partial charge on any atom is -0.481 e. The van der Waals surface area contributed by atoms with Crippen LogP contribution in [0.15, 0.2) is 53.5 Å². The molecule has 6 heteroatoms. The summed E-state index contributed by atoms with van der Waals surface area (Å²) in [5.41, 5.74) is 0.652. The van der Waals surface area contributed by atoms with E-state index in [1.807, 2.05) is 30.3 Å². The maximum Gasteiger partial charge on any atom is 0.303 e. The van der Waals surface area contributed by atoms with Gasteiger partial charge in [-0.05, 0) is 24.1 Å². The molecule has 0 unspecified atom stereocenters. The van der Waals surface area contributed by atoms with Gasteiger partial charge in [0.1, 0.15) is 5.56 Å². The molecule has 2 N–H and O–H groups in total. The second-order valence-corrected chi connectivity index (χ2v) is 5.09. The Morgan fingerprint density at radius 3 is 2.52 bits per heavy atom. The van der Waals surface area contributed by atoms with Crippen molar-refractivity contribution in [3.63, 3.8) is 0 Å². The fraction of sp³-hybridized carbons (Fsp3) is 0.235. The van der Waals surface area contributed by atoms with Gasteiger partial charge in [-0.2, -0.15) is 0 Å². The molecule has 0 saturated carbocycles. The lowest BCUT2D eigenvalue weighted by atomic mass is 10.2. The van der Waals surface area contributed by atoms with Crippen LogP contribution in [0, 0.1) is 0 Å². The molecule has 23 heavy (non-hydrogen) atoms. The number of carboxylic acids is 1. The Bertz CT molecular complexity index is 738. The summed E-state index contributed by atoms with van der Waals surface area (Å²) in [6.07, 6.45) is 1.94.